The Morgan fingerprint density at radius 2 is 1.80 bits per heavy atom. The summed E-state index contributed by atoms with van der Waals surface area (Å²) in [5.41, 5.74) is 0. The Balaban J connectivity index is 1.89. The van der Waals surface area contributed by atoms with Gasteiger partial charge in [0.05, 0.1) is 5.92 Å². The Bertz CT molecular complexity index is 355. The zero-order valence-corrected chi connectivity index (χ0v) is 12.0. The van der Waals surface area contributed by atoms with Crippen molar-refractivity contribution in [3.05, 3.63) is 0 Å². The monoisotopic (exact) mass is 284 g/mol. The van der Waals surface area contributed by atoms with Crippen LogP contribution < -0.4 is 5.32 Å². The van der Waals surface area contributed by atoms with Gasteiger partial charge in [0.1, 0.15) is 0 Å². The molecule has 0 radical (unpaired) electrons. The molecule has 1 heterocycles. The first-order valence-corrected chi connectivity index (χ1v) is 7.43. The zero-order chi connectivity index (χ0) is 14.5. The van der Waals surface area contributed by atoms with E-state index >= 15 is 0 Å². The molecule has 2 N–H and O–H groups in total. The first kappa shape index (κ1) is 15.1. The third-order valence-electron chi connectivity index (χ3n) is 4.45. The molecule has 2 unspecified atom stereocenters. The van der Waals surface area contributed by atoms with Gasteiger partial charge >= 0.3 is 12.0 Å². The van der Waals surface area contributed by atoms with Gasteiger partial charge in [0.15, 0.2) is 0 Å². The molecule has 0 spiro atoms. The molecule has 1 aliphatic heterocycles. The fraction of sp³-hybridized carbons (Fsp3) is 0.857. The summed E-state index contributed by atoms with van der Waals surface area (Å²) in [5.74, 6) is -1.25. The van der Waals surface area contributed by atoms with Crippen molar-refractivity contribution in [1.29, 1.82) is 0 Å². The number of carboxylic acids is 1. The van der Waals surface area contributed by atoms with E-state index in [1.807, 2.05) is 0 Å². The minimum absolute atomic E-state index is 0.157. The Morgan fingerprint density at radius 1 is 1.15 bits per heavy atom. The summed E-state index contributed by atoms with van der Waals surface area (Å²) in [5, 5.41) is 12.1. The second-order valence-electron chi connectivity index (χ2n) is 5.74. The van der Waals surface area contributed by atoms with Crippen LogP contribution in [-0.2, 0) is 9.53 Å². The fourth-order valence-electron chi connectivity index (χ4n) is 3.10. The molecule has 2 fully saturated rings. The number of nitrogens with zero attached hydrogens (tertiary/aromatic N) is 1. The van der Waals surface area contributed by atoms with E-state index < -0.39 is 11.9 Å². The first-order valence-electron chi connectivity index (χ1n) is 7.43. The summed E-state index contributed by atoms with van der Waals surface area (Å²) < 4.78 is 5.29. The maximum atomic E-state index is 12.3. The molecule has 0 aromatic heterocycles. The quantitative estimate of drug-likeness (QED) is 0.822. The molecule has 6 heteroatoms. The van der Waals surface area contributed by atoms with Crippen LogP contribution in [-0.4, -0.2) is 54.4 Å². The smallest absolute Gasteiger partial charge is 0.317 e. The molecule has 1 saturated heterocycles. The van der Waals surface area contributed by atoms with Crippen LogP contribution in [0.1, 0.15) is 38.5 Å². The number of aliphatic carboxylic acids is 1. The lowest BCUT2D eigenvalue weighted by atomic mass is 9.84. The Kier molecular flexibility index (Phi) is 5.23. The van der Waals surface area contributed by atoms with E-state index in [1.165, 1.54) is 0 Å². The van der Waals surface area contributed by atoms with Crippen LogP contribution in [0.4, 0.5) is 4.79 Å². The molecular formula is C14H24N2O4. The van der Waals surface area contributed by atoms with Crippen molar-refractivity contribution < 1.29 is 19.4 Å². The van der Waals surface area contributed by atoms with Crippen molar-refractivity contribution in [2.75, 3.05) is 20.3 Å². The topological polar surface area (TPSA) is 78.9 Å². The number of carbonyl (C=O) groups excluding carboxylic acids is 1. The fourth-order valence-corrected chi connectivity index (χ4v) is 3.10. The lowest BCUT2D eigenvalue weighted by Crippen LogP contribution is -2.52. The summed E-state index contributed by atoms with van der Waals surface area (Å²) in [6.07, 6.45) is 5.01. The van der Waals surface area contributed by atoms with Crippen LogP contribution in [0.2, 0.25) is 0 Å². The van der Waals surface area contributed by atoms with Gasteiger partial charge in [-0.25, -0.2) is 4.79 Å². The van der Waals surface area contributed by atoms with Crippen LogP contribution in [0.3, 0.4) is 0 Å². The van der Waals surface area contributed by atoms with Crippen LogP contribution >= 0.6 is 0 Å². The number of amides is 2. The number of ether oxygens (including phenoxy) is 1. The highest BCUT2D eigenvalue weighted by Gasteiger charge is 2.33. The lowest BCUT2D eigenvalue weighted by Gasteiger charge is -2.35. The van der Waals surface area contributed by atoms with E-state index in [2.05, 4.69) is 5.32 Å². The maximum absolute atomic E-state index is 12.3. The van der Waals surface area contributed by atoms with Gasteiger partial charge in [-0.3, -0.25) is 4.79 Å². The molecule has 0 aromatic rings. The van der Waals surface area contributed by atoms with Gasteiger partial charge in [-0.05, 0) is 25.7 Å². The van der Waals surface area contributed by atoms with Crippen molar-refractivity contribution in [1.82, 2.24) is 10.2 Å². The molecule has 0 aromatic carbocycles. The van der Waals surface area contributed by atoms with E-state index in [4.69, 9.17) is 4.74 Å². The van der Waals surface area contributed by atoms with Crippen molar-refractivity contribution in [3.63, 3.8) is 0 Å². The van der Waals surface area contributed by atoms with E-state index in [0.29, 0.717) is 19.6 Å². The molecule has 20 heavy (non-hydrogen) atoms. The SMILES string of the molecule is CN(C(=O)NC1CCCCC1C(=O)O)C1CCOCC1. The number of urea groups is 1. The molecule has 2 aliphatic rings. The molecule has 2 rings (SSSR count). The van der Waals surface area contributed by atoms with Gasteiger partial charge in [-0.15, -0.1) is 0 Å². The summed E-state index contributed by atoms with van der Waals surface area (Å²) in [6.45, 7) is 1.37. The highest BCUT2D eigenvalue weighted by molar-refractivity contribution is 5.77. The van der Waals surface area contributed by atoms with Gasteiger partial charge in [0.25, 0.3) is 0 Å². The van der Waals surface area contributed by atoms with Gasteiger partial charge in [-0.2, -0.15) is 0 Å². The average molecular weight is 284 g/mol. The largest absolute Gasteiger partial charge is 0.481 e. The van der Waals surface area contributed by atoms with E-state index in [1.54, 1.807) is 11.9 Å². The molecule has 1 aliphatic carbocycles. The Hall–Kier alpha value is -1.30. The van der Waals surface area contributed by atoms with E-state index in [-0.39, 0.29) is 18.1 Å². The number of hydrogen-bond donors (Lipinski definition) is 2. The molecule has 114 valence electrons. The minimum Gasteiger partial charge on any atom is -0.481 e. The van der Waals surface area contributed by atoms with Crippen molar-refractivity contribution in [3.8, 4) is 0 Å². The van der Waals surface area contributed by atoms with Crippen LogP contribution in [0.15, 0.2) is 0 Å². The molecule has 6 nitrogen and oxygen atoms in total. The van der Waals surface area contributed by atoms with Gasteiger partial charge in [0.2, 0.25) is 0 Å². The maximum Gasteiger partial charge on any atom is 0.317 e. The zero-order valence-electron chi connectivity index (χ0n) is 12.0. The predicted molar refractivity (Wildman–Crippen MR) is 73.5 cm³/mol. The van der Waals surface area contributed by atoms with Crippen LogP contribution in [0, 0.1) is 5.92 Å². The lowest BCUT2D eigenvalue weighted by molar-refractivity contribution is -0.143. The summed E-state index contributed by atoms with van der Waals surface area (Å²) >= 11 is 0. The van der Waals surface area contributed by atoms with Gasteiger partial charge < -0.3 is 20.1 Å². The molecular weight excluding hydrogens is 260 g/mol. The second kappa shape index (κ2) is 6.92. The number of carboxylic acid groups (broad SMARTS) is 1. The van der Waals surface area contributed by atoms with Crippen molar-refractivity contribution in [2.24, 2.45) is 5.92 Å². The van der Waals surface area contributed by atoms with Gasteiger partial charge in [-0.1, -0.05) is 12.8 Å². The van der Waals surface area contributed by atoms with Crippen LogP contribution in [0.5, 0.6) is 0 Å². The summed E-state index contributed by atoms with van der Waals surface area (Å²) in [6, 6.07) is -0.207. The average Bonchev–Trinajstić information content (AvgIpc) is 2.47. The summed E-state index contributed by atoms with van der Waals surface area (Å²) in [4.78, 5) is 25.2. The molecule has 1 saturated carbocycles. The highest BCUT2D eigenvalue weighted by atomic mass is 16.5. The minimum atomic E-state index is -0.802. The van der Waals surface area contributed by atoms with Crippen LogP contribution in [0.25, 0.3) is 0 Å². The summed E-state index contributed by atoms with van der Waals surface area (Å²) in [7, 11) is 1.78. The predicted octanol–water partition coefficient (Wildman–Crippen LogP) is 1.45. The highest BCUT2D eigenvalue weighted by Crippen LogP contribution is 2.25. The first-order chi connectivity index (χ1) is 9.59. The number of nitrogens with one attached hydrogen (secondary N) is 1. The number of hydrogen-bond acceptors (Lipinski definition) is 3. The van der Waals surface area contributed by atoms with Gasteiger partial charge in [0, 0.05) is 32.3 Å². The van der Waals surface area contributed by atoms with Crippen molar-refractivity contribution >= 4 is 12.0 Å². The van der Waals surface area contributed by atoms with E-state index in [9.17, 15) is 14.7 Å². The van der Waals surface area contributed by atoms with Crippen molar-refractivity contribution in [2.45, 2.75) is 50.6 Å². The normalized spacial score (nSPS) is 27.9. The third kappa shape index (κ3) is 3.62. The Labute approximate surface area is 119 Å². The number of carbonyl (C=O) groups is 2. The molecule has 2 atom stereocenters. The standard InChI is InChI=1S/C14H24N2O4/c1-16(10-6-8-20-9-7-10)14(19)15-12-5-3-2-4-11(12)13(17)18/h10-12H,2-9H2,1H3,(H,15,19)(H,17,18). The van der Waals surface area contributed by atoms with E-state index in [0.717, 1.165) is 32.1 Å². The molecule has 0 bridgehead atoms. The molecule has 2 amide bonds. The number of rotatable bonds is 3. The third-order valence-corrected chi connectivity index (χ3v) is 4.45. The second-order valence-corrected chi connectivity index (χ2v) is 5.74. The Morgan fingerprint density at radius 3 is 2.45 bits per heavy atom.